The largest absolute Gasteiger partial charge is 0.355 e. The standard InChI is InChI=1S/C18H28N4O/c23-18(21-15-9-5-1-2-6-10-15)16-13-20-17(14-19-16)22-11-7-3-4-8-12-22/h13-15H,1-12H2,(H,21,23). The summed E-state index contributed by atoms with van der Waals surface area (Å²) in [4.78, 5) is 23.5. The van der Waals surface area contributed by atoms with Crippen LogP contribution in [0.3, 0.4) is 0 Å². The number of carbonyl (C=O) groups excluding carboxylic acids is 1. The predicted octanol–water partition coefficient (Wildman–Crippen LogP) is 3.31. The minimum atomic E-state index is -0.0770. The molecule has 0 spiro atoms. The molecule has 1 N–H and O–H groups in total. The molecule has 1 saturated carbocycles. The van der Waals surface area contributed by atoms with E-state index in [-0.39, 0.29) is 5.91 Å². The number of rotatable bonds is 3. The molecule has 1 aliphatic heterocycles. The van der Waals surface area contributed by atoms with Gasteiger partial charge in [-0.2, -0.15) is 0 Å². The Morgan fingerprint density at radius 1 is 0.913 bits per heavy atom. The highest BCUT2D eigenvalue weighted by Crippen LogP contribution is 2.18. The van der Waals surface area contributed by atoms with Crippen molar-refractivity contribution in [2.45, 2.75) is 70.3 Å². The molecular weight excluding hydrogens is 288 g/mol. The first-order chi connectivity index (χ1) is 11.3. The Labute approximate surface area is 138 Å². The van der Waals surface area contributed by atoms with E-state index in [0.29, 0.717) is 11.7 Å². The van der Waals surface area contributed by atoms with Crippen molar-refractivity contribution in [1.29, 1.82) is 0 Å². The molecular formula is C18H28N4O. The molecule has 2 heterocycles. The molecule has 1 amide bonds. The fourth-order valence-electron chi connectivity index (χ4n) is 3.58. The van der Waals surface area contributed by atoms with Gasteiger partial charge in [0.05, 0.1) is 12.4 Å². The van der Waals surface area contributed by atoms with E-state index in [9.17, 15) is 4.79 Å². The molecule has 5 nitrogen and oxygen atoms in total. The van der Waals surface area contributed by atoms with Crippen LogP contribution in [0.4, 0.5) is 5.82 Å². The average Bonchev–Trinajstić information content (AvgIpc) is 3.00. The van der Waals surface area contributed by atoms with Crippen molar-refractivity contribution in [1.82, 2.24) is 15.3 Å². The molecule has 1 saturated heterocycles. The normalized spacial score (nSPS) is 20.6. The zero-order valence-corrected chi connectivity index (χ0v) is 14.0. The first-order valence-electron chi connectivity index (χ1n) is 9.21. The number of hydrogen-bond acceptors (Lipinski definition) is 4. The van der Waals surface area contributed by atoms with Crippen molar-refractivity contribution in [3.05, 3.63) is 18.1 Å². The highest BCUT2D eigenvalue weighted by molar-refractivity contribution is 5.92. The van der Waals surface area contributed by atoms with E-state index in [1.165, 1.54) is 51.4 Å². The summed E-state index contributed by atoms with van der Waals surface area (Å²) in [5, 5.41) is 3.13. The van der Waals surface area contributed by atoms with Gasteiger partial charge in [-0.05, 0) is 25.7 Å². The Morgan fingerprint density at radius 2 is 1.57 bits per heavy atom. The van der Waals surface area contributed by atoms with Gasteiger partial charge in [0.2, 0.25) is 0 Å². The molecule has 1 aromatic heterocycles. The van der Waals surface area contributed by atoms with Crippen molar-refractivity contribution in [3.63, 3.8) is 0 Å². The molecule has 1 aromatic rings. The van der Waals surface area contributed by atoms with Crippen molar-refractivity contribution in [2.24, 2.45) is 0 Å². The second kappa shape index (κ2) is 8.27. The van der Waals surface area contributed by atoms with Crippen molar-refractivity contribution >= 4 is 11.7 Å². The summed E-state index contributed by atoms with van der Waals surface area (Å²) in [5.41, 5.74) is 0.438. The Morgan fingerprint density at radius 3 is 2.17 bits per heavy atom. The number of amides is 1. The van der Waals surface area contributed by atoms with Crippen LogP contribution < -0.4 is 10.2 Å². The van der Waals surface area contributed by atoms with Crippen LogP contribution in [0.25, 0.3) is 0 Å². The van der Waals surface area contributed by atoms with Gasteiger partial charge in [0.1, 0.15) is 11.5 Å². The number of aromatic nitrogens is 2. The maximum Gasteiger partial charge on any atom is 0.271 e. The zero-order chi connectivity index (χ0) is 15.9. The van der Waals surface area contributed by atoms with Crippen LogP contribution in [0.1, 0.15) is 74.7 Å². The van der Waals surface area contributed by atoms with Gasteiger partial charge in [0.25, 0.3) is 5.91 Å². The Balaban J connectivity index is 1.58. The number of anilines is 1. The summed E-state index contributed by atoms with van der Waals surface area (Å²) >= 11 is 0. The van der Waals surface area contributed by atoms with Gasteiger partial charge < -0.3 is 10.2 Å². The van der Waals surface area contributed by atoms with Crippen LogP contribution in [0, 0.1) is 0 Å². The Bertz CT molecular complexity index is 486. The smallest absolute Gasteiger partial charge is 0.271 e. The minimum Gasteiger partial charge on any atom is -0.355 e. The summed E-state index contributed by atoms with van der Waals surface area (Å²) in [5.74, 6) is 0.824. The van der Waals surface area contributed by atoms with E-state index >= 15 is 0 Å². The molecule has 1 aliphatic carbocycles. The summed E-state index contributed by atoms with van der Waals surface area (Å²) < 4.78 is 0. The van der Waals surface area contributed by atoms with Crippen molar-refractivity contribution in [3.8, 4) is 0 Å². The molecule has 2 aliphatic rings. The molecule has 5 heteroatoms. The molecule has 23 heavy (non-hydrogen) atoms. The van der Waals surface area contributed by atoms with Crippen LogP contribution in [0.15, 0.2) is 12.4 Å². The van der Waals surface area contributed by atoms with E-state index in [0.717, 1.165) is 31.7 Å². The molecule has 0 aromatic carbocycles. The Kier molecular flexibility index (Phi) is 5.83. The molecule has 0 bridgehead atoms. The SMILES string of the molecule is O=C(NC1CCCCCC1)c1cnc(N2CCCCCC2)cn1. The third-order valence-corrected chi connectivity index (χ3v) is 4.99. The van der Waals surface area contributed by atoms with E-state index in [4.69, 9.17) is 0 Å². The number of nitrogens with one attached hydrogen (secondary N) is 1. The zero-order valence-electron chi connectivity index (χ0n) is 14.0. The second-order valence-corrected chi connectivity index (χ2v) is 6.82. The van der Waals surface area contributed by atoms with Crippen LogP contribution in [0.2, 0.25) is 0 Å². The maximum absolute atomic E-state index is 12.3. The van der Waals surface area contributed by atoms with E-state index in [1.807, 2.05) is 0 Å². The highest BCUT2D eigenvalue weighted by Gasteiger charge is 2.17. The molecule has 0 unspecified atom stereocenters. The highest BCUT2D eigenvalue weighted by atomic mass is 16.1. The lowest BCUT2D eigenvalue weighted by molar-refractivity contribution is 0.0928. The van der Waals surface area contributed by atoms with E-state index < -0.39 is 0 Å². The number of carbonyl (C=O) groups is 1. The molecule has 3 rings (SSSR count). The third-order valence-electron chi connectivity index (χ3n) is 4.99. The summed E-state index contributed by atoms with van der Waals surface area (Å²) in [7, 11) is 0. The first-order valence-corrected chi connectivity index (χ1v) is 9.21. The molecule has 126 valence electrons. The van der Waals surface area contributed by atoms with Gasteiger partial charge in [-0.25, -0.2) is 9.97 Å². The first kappa shape index (κ1) is 16.2. The van der Waals surface area contributed by atoms with Gasteiger partial charge in [0.15, 0.2) is 0 Å². The van der Waals surface area contributed by atoms with Crippen LogP contribution in [0.5, 0.6) is 0 Å². The monoisotopic (exact) mass is 316 g/mol. The van der Waals surface area contributed by atoms with Gasteiger partial charge in [-0.3, -0.25) is 4.79 Å². The van der Waals surface area contributed by atoms with Gasteiger partial charge >= 0.3 is 0 Å². The molecule has 0 atom stereocenters. The lowest BCUT2D eigenvalue weighted by Gasteiger charge is -2.21. The van der Waals surface area contributed by atoms with Crippen molar-refractivity contribution in [2.75, 3.05) is 18.0 Å². The number of nitrogens with zero attached hydrogens (tertiary/aromatic N) is 3. The third kappa shape index (κ3) is 4.66. The fourth-order valence-corrected chi connectivity index (χ4v) is 3.58. The second-order valence-electron chi connectivity index (χ2n) is 6.82. The quantitative estimate of drug-likeness (QED) is 0.869. The summed E-state index contributed by atoms with van der Waals surface area (Å²) in [6, 6.07) is 0.303. The predicted molar refractivity (Wildman–Crippen MR) is 91.7 cm³/mol. The number of hydrogen-bond donors (Lipinski definition) is 1. The van der Waals surface area contributed by atoms with Crippen molar-refractivity contribution < 1.29 is 4.79 Å². The Hall–Kier alpha value is -1.65. The van der Waals surface area contributed by atoms with Gasteiger partial charge in [0, 0.05) is 19.1 Å². The fraction of sp³-hybridized carbons (Fsp3) is 0.722. The summed E-state index contributed by atoms with van der Waals surface area (Å²) in [6.07, 6.45) is 15.6. The van der Waals surface area contributed by atoms with Crippen LogP contribution in [-0.2, 0) is 0 Å². The maximum atomic E-state index is 12.3. The van der Waals surface area contributed by atoms with Gasteiger partial charge in [-0.1, -0.05) is 38.5 Å². The topological polar surface area (TPSA) is 58.1 Å². The van der Waals surface area contributed by atoms with Crippen LogP contribution in [-0.4, -0.2) is 35.0 Å². The molecule has 0 radical (unpaired) electrons. The van der Waals surface area contributed by atoms with Crippen LogP contribution >= 0.6 is 0 Å². The van der Waals surface area contributed by atoms with E-state index in [2.05, 4.69) is 20.2 Å². The lowest BCUT2D eigenvalue weighted by Crippen LogP contribution is -2.35. The average molecular weight is 316 g/mol. The lowest BCUT2D eigenvalue weighted by atomic mass is 10.1. The van der Waals surface area contributed by atoms with Gasteiger partial charge in [-0.15, -0.1) is 0 Å². The molecule has 2 fully saturated rings. The van der Waals surface area contributed by atoms with E-state index in [1.54, 1.807) is 12.4 Å². The minimum absolute atomic E-state index is 0.0770. The summed E-state index contributed by atoms with van der Waals surface area (Å²) in [6.45, 7) is 2.09.